The Bertz CT molecular complexity index is 255. The molecule has 14 heavy (non-hydrogen) atoms. The van der Waals surface area contributed by atoms with Crippen molar-refractivity contribution in [1.29, 1.82) is 0 Å². The fourth-order valence-electron chi connectivity index (χ4n) is 1.32. The molecule has 1 rings (SSSR count). The molecule has 2 radical (unpaired) electrons. The van der Waals surface area contributed by atoms with Crippen LogP contribution in [0.3, 0.4) is 0 Å². The van der Waals surface area contributed by atoms with Crippen LogP contribution in [0.2, 0.25) is 0 Å². The van der Waals surface area contributed by atoms with Crippen molar-refractivity contribution in [1.82, 2.24) is 0 Å². The van der Waals surface area contributed by atoms with E-state index < -0.39 is 0 Å². The van der Waals surface area contributed by atoms with E-state index in [4.69, 9.17) is 11.7 Å². The maximum absolute atomic E-state index is 5.74. The van der Waals surface area contributed by atoms with Gasteiger partial charge in [-0.2, -0.15) is 0 Å². The van der Waals surface area contributed by atoms with Crippen molar-refractivity contribution in [3.05, 3.63) is 36.8 Å². The van der Waals surface area contributed by atoms with E-state index in [2.05, 4.69) is 6.92 Å². The van der Waals surface area contributed by atoms with Gasteiger partial charge in [-0.15, -0.1) is 0 Å². The molecular formula is C13H18O. The Balaban J connectivity index is 2.21. The Labute approximate surface area is 87.1 Å². The molecule has 0 aliphatic heterocycles. The first-order chi connectivity index (χ1) is 6.84. The summed E-state index contributed by atoms with van der Waals surface area (Å²) in [7, 11) is 0. The van der Waals surface area contributed by atoms with E-state index in [0.29, 0.717) is 0 Å². The summed E-state index contributed by atoms with van der Waals surface area (Å²) in [6.07, 6.45) is 4.90. The summed E-state index contributed by atoms with van der Waals surface area (Å²) in [6.45, 7) is 8.71. The number of hydrogen-bond acceptors (Lipinski definition) is 1. The SMILES string of the molecule is [CH]c1ccccc1OCCCCCC. The van der Waals surface area contributed by atoms with Gasteiger partial charge in [0, 0.05) is 6.92 Å². The number of benzene rings is 1. The van der Waals surface area contributed by atoms with Crippen LogP contribution in [0.4, 0.5) is 0 Å². The number of para-hydroxylation sites is 1. The molecular weight excluding hydrogens is 172 g/mol. The second-order valence-electron chi connectivity index (χ2n) is 3.45. The van der Waals surface area contributed by atoms with Crippen LogP contribution in [0.1, 0.15) is 38.2 Å². The van der Waals surface area contributed by atoms with Gasteiger partial charge in [0.25, 0.3) is 0 Å². The molecule has 0 atom stereocenters. The van der Waals surface area contributed by atoms with Crippen LogP contribution in [0, 0.1) is 6.92 Å². The molecule has 0 saturated heterocycles. The highest BCUT2D eigenvalue weighted by Crippen LogP contribution is 2.16. The van der Waals surface area contributed by atoms with Crippen LogP contribution >= 0.6 is 0 Å². The van der Waals surface area contributed by atoms with Gasteiger partial charge in [0.15, 0.2) is 0 Å². The lowest BCUT2D eigenvalue weighted by Gasteiger charge is -2.07. The molecule has 0 heterocycles. The van der Waals surface area contributed by atoms with Crippen molar-refractivity contribution in [3.63, 3.8) is 0 Å². The lowest BCUT2D eigenvalue weighted by atomic mass is 10.2. The summed E-state index contributed by atoms with van der Waals surface area (Å²) >= 11 is 0. The molecule has 0 fully saturated rings. The quantitative estimate of drug-likeness (QED) is 0.621. The molecule has 1 nitrogen and oxygen atoms in total. The number of rotatable bonds is 6. The van der Waals surface area contributed by atoms with Crippen LogP contribution in [-0.2, 0) is 0 Å². The maximum atomic E-state index is 5.74. The number of ether oxygens (including phenoxy) is 1. The molecule has 1 aromatic rings. The van der Waals surface area contributed by atoms with E-state index in [0.717, 1.165) is 24.3 Å². The van der Waals surface area contributed by atoms with E-state index >= 15 is 0 Å². The van der Waals surface area contributed by atoms with Crippen molar-refractivity contribution in [3.8, 4) is 5.75 Å². The Morgan fingerprint density at radius 3 is 2.64 bits per heavy atom. The van der Waals surface area contributed by atoms with Gasteiger partial charge in [0.2, 0.25) is 0 Å². The molecule has 0 N–H and O–H groups in total. The highest BCUT2D eigenvalue weighted by Gasteiger charge is 1.96. The Kier molecular flexibility index (Phi) is 5.13. The summed E-state index contributed by atoms with van der Waals surface area (Å²) < 4.78 is 5.56. The average molecular weight is 190 g/mol. The molecule has 0 unspecified atom stereocenters. The summed E-state index contributed by atoms with van der Waals surface area (Å²) in [5, 5.41) is 0. The fourth-order valence-corrected chi connectivity index (χ4v) is 1.32. The summed E-state index contributed by atoms with van der Waals surface area (Å²) in [5.74, 6) is 0.809. The van der Waals surface area contributed by atoms with Crippen molar-refractivity contribution in [2.75, 3.05) is 6.61 Å². The van der Waals surface area contributed by atoms with E-state index in [1.54, 1.807) is 0 Å². The number of hydrogen-bond donors (Lipinski definition) is 0. The minimum absolute atomic E-state index is 0.725. The largest absolute Gasteiger partial charge is 0.493 e. The van der Waals surface area contributed by atoms with Gasteiger partial charge in [-0.1, -0.05) is 44.4 Å². The standard InChI is InChI=1S/C13H18O/c1-3-4-5-8-11-14-13-10-7-6-9-12(13)2/h2,6-7,9-10H,3-5,8,11H2,1H3. The molecule has 0 saturated carbocycles. The zero-order chi connectivity index (χ0) is 10.2. The molecule has 0 aliphatic rings. The Hall–Kier alpha value is -0.980. The topological polar surface area (TPSA) is 9.23 Å². The zero-order valence-electron chi connectivity index (χ0n) is 8.83. The number of unbranched alkanes of at least 4 members (excludes halogenated alkanes) is 3. The predicted molar refractivity (Wildman–Crippen MR) is 59.5 cm³/mol. The van der Waals surface area contributed by atoms with Gasteiger partial charge in [0.05, 0.1) is 6.61 Å². The van der Waals surface area contributed by atoms with Crippen LogP contribution in [-0.4, -0.2) is 6.61 Å². The summed E-state index contributed by atoms with van der Waals surface area (Å²) in [4.78, 5) is 0. The molecule has 1 heteroatoms. The van der Waals surface area contributed by atoms with Crippen molar-refractivity contribution >= 4 is 0 Å². The average Bonchev–Trinajstić information content (AvgIpc) is 2.20. The lowest BCUT2D eigenvalue weighted by molar-refractivity contribution is 0.304. The highest BCUT2D eigenvalue weighted by molar-refractivity contribution is 5.35. The highest BCUT2D eigenvalue weighted by atomic mass is 16.5. The van der Waals surface area contributed by atoms with Gasteiger partial charge >= 0.3 is 0 Å². The summed E-state index contributed by atoms with van der Waals surface area (Å²) in [6, 6.07) is 7.63. The first kappa shape index (κ1) is 11.1. The molecule has 0 aromatic heterocycles. The summed E-state index contributed by atoms with van der Waals surface area (Å²) in [5.41, 5.74) is 0.725. The van der Waals surface area contributed by atoms with E-state index in [9.17, 15) is 0 Å². The molecule has 0 spiro atoms. The first-order valence-electron chi connectivity index (χ1n) is 5.32. The van der Waals surface area contributed by atoms with E-state index in [-0.39, 0.29) is 0 Å². The zero-order valence-corrected chi connectivity index (χ0v) is 8.83. The van der Waals surface area contributed by atoms with Crippen molar-refractivity contribution in [2.45, 2.75) is 32.6 Å². The smallest absolute Gasteiger partial charge is 0.122 e. The molecule has 0 aliphatic carbocycles. The molecule has 0 amide bonds. The van der Waals surface area contributed by atoms with Crippen molar-refractivity contribution in [2.24, 2.45) is 0 Å². The monoisotopic (exact) mass is 190 g/mol. The fraction of sp³-hybridized carbons (Fsp3) is 0.462. The van der Waals surface area contributed by atoms with E-state index in [1.807, 2.05) is 24.3 Å². The second kappa shape index (κ2) is 6.47. The molecule has 76 valence electrons. The van der Waals surface area contributed by atoms with Crippen LogP contribution < -0.4 is 4.74 Å². The third kappa shape index (κ3) is 3.82. The third-order valence-electron chi connectivity index (χ3n) is 2.17. The third-order valence-corrected chi connectivity index (χ3v) is 2.17. The van der Waals surface area contributed by atoms with Crippen LogP contribution in [0.15, 0.2) is 24.3 Å². The lowest BCUT2D eigenvalue weighted by Crippen LogP contribution is -1.98. The normalized spacial score (nSPS) is 10.1. The minimum Gasteiger partial charge on any atom is -0.493 e. The van der Waals surface area contributed by atoms with Crippen LogP contribution in [0.25, 0.3) is 0 Å². The van der Waals surface area contributed by atoms with Gasteiger partial charge in [0.1, 0.15) is 5.75 Å². The van der Waals surface area contributed by atoms with E-state index in [1.165, 1.54) is 19.3 Å². The Morgan fingerprint density at radius 1 is 1.14 bits per heavy atom. The van der Waals surface area contributed by atoms with Gasteiger partial charge in [-0.05, 0) is 18.1 Å². The van der Waals surface area contributed by atoms with Crippen LogP contribution in [0.5, 0.6) is 5.75 Å². The first-order valence-corrected chi connectivity index (χ1v) is 5.32. The van der Waals surface area contributed by atoms with Gasteiger partial charge < -0.3 is 4.74 Å². The Morgan fingerprint density at radius 2 is 1.93 bits per heavy atom. The second-order valence-corrected chi connectivity index (χ2v) is 3.45. The predicted octanol–water partition coefficient (Wildman–Crippen LogP) is 3.70. The minimum atomic E-state index is 0.725. The molecule has 1 aromatic carbocycles. The van der Waals surface area contributed by atoms with Gasteiger partial charge in [-0.25, -0.2) is 0 Å². The van der Waals surface area contributed by atoms with Gasteiger partial charge in [-0.3, -0.25) is 0 Å². The molecule has 0 bridgehead atoms. The maximum Gasteiger partial charge on any atom is 0.122 e. The van der Waals surface area contributed by atoms with Crippen molar-refractivity contribution < 1.29 is 4.74 Å².